The molecule has 0 bridgehead atoms. The van der Waals surface area contributed by atoms with Crippen molar-refractivity contribution >= 4 is 29.3 Å². The van der Waals surface area contributed by atoms with Crippen LogP contribution in [0.5, 0.6) is 0 Å². The largest absolute Gasteiger partial charge is 0.480 e. The third-order valence-electron chi connectivity index (χ3n) is 6.73. The van der Waals surface area contributed by atoms with Crippen LogP contribution < -0.4 is 10.6 Å². The highest BCUT2D eigenvalue weighted by Crippen LogP contribution is 2.25. The van der Waals surface area contributed by atoms with E-state index in [1.54, 1.807) is 0 Å². The molecule has 1 aliphatic carbocycles. The Kier molecular flexibility index (Phi) is 9.28. The Morgan fingerprint density at radius 3 is 2.29 bits per heavy atom. The van der Waals surface area contributed by atoms with Gasteiger partial charge in [-0.15, -0.1) is 5.10 Å². The molecule has 0 radical (unpaired) electrons. The van der Waals surface area contributed by atoms with Gasteiger partial charge in [-0.25, -0.2) is 14.6 Å². The number of benzene rings is 3. The van der Waals surface area contributed by atoms with E-state index >= 15 is 0 Å². The summed E-state index contributed by atoms with van der Waals surface area (Å²) < 4.78 is 0. The van der Waals surface area contributed by atoms with Crippen LogP contribution in [0.2, 0.25) is 0 Å². The summed E-state index contributed by atoms with van der Waals surface area (Å²) >= 11 is 1.51. The zero-order valence-corrected chi connectivity index (χ0v) is 23.2. The van der Waals surface area contributed by atoms with Gasteiger partial charge >= 0.3 is 12.0 Å². The van der Waals surface area contributed by atoms with Gasteiger partial charge in [0.15, 0.2) is 5.82 Å². The number of hydrogen-bond donors (Lipinski definition) is 4. The van der Waals surface area contributed by atoms with E-state index in [0.717, 1.165) is 46.5 Å². The molecule has 1 heterocycles. The van der Waals surface area contributed by atoms with Gasteiger partial charge in [-0.3, -0.25) is 5.10 Å². The van der Waals surface area contributed by atoms with Gasteiger partial charge in [0.2, 0.25) is 5.16 Å². The minimum Gasteiger partial charge on any atom is -0.480 e. The standard InChI is InChI=1S/C32H31N5O3S/c38-30(39)27(33-31(40)34-28(24-13-4-1-5-14-24)25-15-6-2-7-16-25)20-22-11-10-12-23(19-22)21-41-32-35-29(36-37-32)26-17-8-3-9-18-26/h1-8,10-17,19,27-28H,9,18,20-21H2,(H,38,39)(H2,33,34,40)(H,35,36,37). The molecule has 8 nitrogen and oxygen atoms in total. The summed E-state index contributed by atoms with van der Waals surface area (Å²) in [5.41, 5.74) is 4.77. The molecule has 4 aromatic rings. The number of hydrogen-bond acceptors (Lipinski definition) is 5. The minimum absolute atomic E-state index is 0.148. The van der Waals surface area contributed by atoms with Crippen LogP contribution in [-0.4, -0.2) is 38.3 Å². The van der Waals surface area contributed by atoms with Crippen molar-refractivity contribution in [1.29, 1.82) is 0 Å². The summed E-state index contributed by atoms with van der Waals surface area (Å²) in [7, 11) is 0. The fraction of sp³-hybridized carbons (Fsp3) is 0.188. The van der Waals surface area contributed by atoms with Gasteiger partial charge < -0.3 is 15.7 Å². The number of nitrogens with zero attached hydrogens (tertiary/aromatic N) is 2. The fourth-order valence-corrected chi connectivity index (χ4v) is 5.41. The van der Waals surface area contributed by atoms with Crippen molar-refractivity contribution in [3.8, 4) is 0 Å². The number of carboxylic acid groups (broad SMARTS) is 1. The first-order valence-electron chi connectivity index (χ1n) is 13.4. The number of aromatic nitrogens is 3. The van der Waals surface area contributed by atoms with Gasteiger partial charge in [-0.2, -0.15) is 0 Å². The zero-order valence-electron chi connectivity index (χ0n) is 22.4. The molecule has 1 unspecified atom stereocenters. The number of allylic oxidation sites excluding steroid dienone is 4. The van der Waals surface area contributed by atoms with Crippen molar-refractivity contribution in [2.24, 2.45) is 0 Å². The van der Waals surface area contributed by atoms with E-state index in [0.29, 0.717) is 10.9 Å². The number of H-pyrrole nitrogens is 1. The van der Waals surface area contributed by atoms with Gasteiger partial charge in [0.25, 0.3) is 0 Å². The Morgan fingerprint density at radius 2 is 1.63 bits per heavy atom. The van der Waals surface area contributed by atoms with Gasteiger partial charge in [0.05, 0.1) is 6.04 Å². The first kappa shape index (κ1) is 27.9. The van der Waals surface area contributed by atoms with Crippen molar-refractivity contribution in [2.45, 2.75) is 42.3 Å². The highest BCUT2D eigenvalue weighted by Gasteiger charge is 2.23. The summed E-state index contributed by atoms with van der Waals surface area (Å²) in [5, 5.41) is 23.5. The molecule has 9 heteroatoms. The lowest BCUT2D eigenvalue weighted by atomic mass is 9.99. The number of thioether (sulfide) groups is 1. The summed E-state index contributed by atoms with van der Waals surface area (Å²) in [6, 6.07) is 24.8. The van der Waals surface area contributed by atoms with E-state index in [-0.39, 0.29) is 6.42 Å². The number of carbonyl (C=O) groups excluding carboxylic acids is 1. The van der Waals surface area contributed by atoms with Crippen LogP contribution in [0.3, 0.4) is 0 Å². The highest BCUT2D eigenvalue weighted by atomic mass is 32.2. The first-order valence-corrected chi connectivity index (χ1v) is 14.4. The Bertz CT molecular complexity index is 1500. The second-order valence-electron chi connectivity index (χ2n) is 9.70. The van der Waals surface area contributed by atoms with Crippen LogP contribution in [0.1, 0.15) is 47.0 Å². The number of aromatic amines is 1. The van der Waals surface area contributed by atoms with Crippen LogP contribution in [0, 0.1) is 0 Å². The number of nitrogens with one attached hydrogen (secondary N) is 3. The number of carbonyl (C=O) groups is 2. The van der Waals surface area contributed by atoms with E-state index in [9.17, 15) is 14.7 Å². The van der Waals surface area contributed by atoms with Crippen LogP contribution in [0.4, 0.5) is 4.79 Å². The molecule has 2 amide bonds. The quantitative estimate of drug-likeness (QED) is 0.168. The topological polar surface area (TPSA) is 120 Å². The van der Waals surface area contributed by atoms with Gasteiger partial charge in [-0.1, -0.05) is 115 Å². The average Bonchev–Trinajstić information content (AvgIpc) is 3.49. The maximum atomic E-state index is 13.0. The van der Waals surface area contributed by atoms with E-state index in [1.807, 2.05) is 91.0 Å². The Labute approximate surface area is 243 Å². The second kappa shape index (κ2) is 13.6. The molecule has 4 N–H and O–H groups in total. The lowest BCUT2D eigenvalue weighted by Crippen LogP contribution is -2.48. The van der Waals surface area contributed by atoms with E-state index < -0.39 is 24.1 Å². The van der Waals surface area contributed by atoms with E-state index in [1.165, 1.54) is 11.8 Å². The fourth-order valence-electron chi connectivity index (χ4n) is 4.67. The third-order valence-corrected chi connectivity index (χ3v) is 7.65. The summed E-state index contributed by atoms with van der Waals surface area (Å²) in [5.74, 6) is 0.322. The van der Waals surface area contributed by atoms with Crippen LogP contribution >= 0.6 is 11.8 Å². The number of amides is 2. The van der Waals surface area contributed by atoms with Gasteiger partial charge in [-0.05, 0) is 40.7 Å². The number of rotatable bonds is 11. The number of carboxylic acids is 1. The van der Waals surface area contributed by atoms with E-state index in [4.69, 9.17) is 0 Å². The molecule has 208 valence electrons. The maximum Gasteiger partial charge on any atom is 0.326 e. The molecule has 0 saturated carbocycles. The van der Waals surface area contributed by atoms with Crippen molar-refractivity contribution in [1.82, 2.24) is 25.8 Å². The SMILES string of the molecule is O=C(NC(Cc1cccc(CSc2n[nH]c(C3=CC=CCC3)n2)c1)C(=O)O)NC(c1ccccc1)c1ccccc1. The first-order chi connectivity index (χ1) is 20.0. The van der Waals surface area contributed by atoms with Crippen LogP contribution in [0.15, 0.2) is 108 Å². The molecule has 0 fully saturated rings. The molecule has 0 aliphatic heterocycles. The number of aliphatic carboxylic acids is 1. The van der Waals surface area contributed by atoms with Gasteiger partial charge in [0.1, 0.15) is 6.04 Å². The molecule has 41 heavy (non-hydrogen) atoms. The molecule has 0 spiro atoms. The molecule has 1 aromatic heterocycles. The average molecular weight is 566 g/mol. The lowest BCUT2D eigenvalue weighted by molar-refractivity contribution is -0.139. The highest BCUT2D eigenvalue weighted by molar-refractivity contribution is 7.98. The molecule has 3 aromatic carbocycles. The summed E-state index contributed by atoms with van der Waals surface area (Å²) in [6.07, 6.45) is 8.30. The molecular formula is C32H31N5O3S. The Hall–Kier alpha value is -4.63. The third kappa shape index (κ3) is 7.73. The minimum atomic E-state index is -1.10. The molecule has 5 rings (SSSR count). The maximum absolute atomic E-state index is 13.0. The Morgan fingerprint density at radius 1 is 0.927 bits per heavy atom. The summed E-state index contributed by atoms with van der Waals surface area (Å²) in [4.78, 5) is 29.8. The summed E-state index contributed by atoms with van der Waals surface area (Å²) in [6.45, 7) is 0. The lowest BCUT2D eigenvalue weighted by Gasteiger charge is -2.22. The molecule has 0 saturated heterocycles. The van der Waals surface area contributed by atoms with Crippen molar-refractivity contribution in [2.75, 3.05) is 0 Å². The monoisotopic (exact) mass is 565 g/mol. The Balaban J connectivity index is 1.21. The van der Waals surface area contributed by atoms with Crippen molar-refractivity contribution in [3.05, 3.63) is 131 Å². The number of urea groups is 1. The predicted molar refractivity (Wildman–Crippen MR) is 160 cm³/mol. The molecular weight excluding hydrogens is 534 g/mol. The van der Waals surface area contributed by atoms with Crippen molar-refractivity contribution < 1.29 is 14.7 Å². The van der Waals surface area contributed by atoms with Crippen LogP contribution in [-0.2, 0) is 17.0 Å². The zero-order chi connectivity index (χ0) is 28.4. The second-order valence-corrected chi connectivity index (χ2v) is 10.6. The van der Waals surface area contributed by atoms with E-state index in [2.05, 4.69) is 38.0 Å². The predicted octanol–water partition coefficient (Wildman–Crippen LogP) is 5.91. The molecule has 1 aliphatic rings. The van der Waals surface area contributed by atoms with Crippen molar-refractivity contribution in [3.63, 3.8) is 0 Å². The van der Waals surface area contributed by atoms with Gasteiger partial charge in [0, 0.05) is 12.2 Å². The smallest absolute Gasteiger partial charge is 0.326 e. The molecule has 1 atom stereocenters. The normalized spacial score (nSPS) is 13.4. The van der Waals surface area contributed by atoms with Crippen LogP contribution in [0.25, 0.3) is 5.57 Å².